The van der Waals surface area contributed by atoms with E-state index in [0.29, 0.717) is 18.0 Å². The third-order valence-corrected chi connectivity index (χ3v) is 3.68. The van der Waals surface area contributed by atoms with E-state index in [9.17, 15) is 4.79 Å². The maximum atomic E-state index is 12.2. The molecule has 0 spiro atoms. The molecule has 0 fully saturated rings. The van der Waals surface area contributed by atoms with Gasteiger partial charge in [0.15, 0.2) is 0 Å². The van der Waals surface area contributed by atoms with E-state index in [2.05, 4.69) is 13.8 Å². The van der Waals surface area contributed by atoms with Crippen molar-refractivity contribution in [1.82, 2.24) is 4.57 Å². The van der Waals surface area contributed by atoms with Crippen molar-refractivity contribution in [2.75, 3.05) is 0 Å². The van der Waals surface area contributed by atoms with Gasteiger partial charge in [-0.1, -0.05) is 39.2 Å². The van der Waals surface area contributed by atoms with Crippen molar-refractivity contribution in [2.24, 2.45) is 11.7 Å². The lowest BCUT2D eigenvalue weighted by atomic mass is 9.99. The summed E-state index contributed by atoms with van der Waals surface area (Å²) >= 11 is 0. The fraction of sp³-hybridized carbons (Fsp3) is 0.667. The standard InChI is InChI=1S/C15H26N2O/c1-4-6-7-13(5-2)11-17-12(3)8-9-14(10-16)15(17)18/h8-9,13H,4-7,10-11,16H2,1-3H3. The monoisotopic (exact) mass is 250 g/mol. The van der Waals surface area contributed by atoms with E-state index in [-0.39, 0.29) is 5.56 Å². The second kappa shape index (κ2) is 7.37. The normalized spacial score (nSPS) is 12.7. The fourth-order valence-corrected chi connectivity index (χ4v) is 2.27. The highest BCUT2D eigenvalue weighted by molar-refractivity contribution is 5.15. The van der Waals surface area contributed by atoms with Crippen LogP contribution in [0.2, 0.25) is 0 Å². The topological polar surface area (TPSA) is 48.0 Å². The van der Waals surface area contributed by atoms with Crippen molar-refractivity contribution < 1.29 is 0 Å². The minimum Gasteiger partial charge on any atom is -0.326 e. The van der Waals surface area contributed by atoms with Crippen LogP contribution in [0, 0.1) is 12.8 Å². The summed E-state index contributed by atoms with van der Waals surface area (Å²) in [5, 5.41) is 0. The molecule has 0 aromatic carbocycles. The Morgan fingerprint density at radius 3 is 2.61 bits per heavy atom. The summed E-state index contributed by atoms with van der Waals surface area (Å²) in [7, 11) is 0. The van der Waals surface area contributed by atoms with Crippen molar-refractivity contribution in [3.63, 3.8) is 0 Å². The van der Waals surface area contributed by atoms with Gasteiger partial charge in [0.25, 0.3) is 5.56 Å². The highest BCUT2D eigenvalue weighted by Gasteiger charge is 2.11. The minimum atomic E-state index is 0.0902. The molecular formula is C15H26N2O. The average Bonchev–Trinajstić information content (AvgIpc) is 2.38. The molecule has 1 aromatic rings. The number of nitrogens with zero attached hydrogens (tertiary/aromatic N) is 1. The maximum Gasteiger partial charge on any atom is 0.255 e. The van der Waals surface area contributed by atoms with Gasteiger partial charge in [-0.25, -0.2) is 0 Å². The van der Waals surface area contributed by atoms with Crippen LogP contribution in [-0.2, 0) is 13.1 Å². The van der Waals surface area contributed by atoms with Gasteiger partial charge >= 0.3 is 0 Å². The first-order chi connectivity index (χ1) is 8.63. The molecule has 3 nitrogen and oxygen atoms in total. The molecule has 0 saturated carbocycles. The summed E-state index contributed by atoms with van der Waals surface area (Å²) < 4.78 is 1.89. The summed E-state index contributed by atoms with van der Waals surface area (Å²) in [6, 6.07) is 3.84. The van der Waals surface area contributed by atoms with Gasteiger partial charge in [-0.05, 0) is 25.3 Å². The van der Waals surface area contributed by atoms with Crippen LogP contribution in [0.5, 0.6) is 0 Å². The smallest absolute Gasteiger partial charge is 0.255 e. The predicted octanol–water partition coefficient (Wildman–Crippen LogP) is 2.83. The van der Waals surface area contributed by atoms with Crippen molar-refractivity contribution in [3.8, 4) is 0 Å². The number of rotatable bonds is 7. The Balaban J connectivity index is 2.91. The molecule has 0 amide bonds. The Kier molecular flexibility index (Phi) is 6.13. The van der Waals surface area contributed by atoms with E-state index in [1.165, 1.54) is 19.3 Å². The van der Waals surface area contributed by atoms with Crippen LogP contribution in [0.4, 0.5) is 0 Å². The van der Waals surface area contributed by atoms with Gasteiger partial charge in [0.2, 0.25) is 0 Å². The molecule has 1 heterocycles. The first kappa shape index (κ1) is 15.0. The molecule has 3 heteroatoms. The zero-order chi connectivity index (χ0) is 13.5. The van der Waals surface area contributed by atoms with E-state index in [1.807, 2.05) is 23.6 Å². The zero-order valence-electron chi connectivity index (χ0n) is 11.9. The number of hydrogen-bond donors (Lipinski definition) is 1. The number of unbranched alkanes of at least 4 members (excludes halogenated alkanes) is 1. The molecule has 0 aliphatic carbocycles. The lowest BCUT2D eigenvalue weighted by molar-refractivity contribution is 0.381. The summed E-state index contributed by atoms with van der Waals surface area (Å²) in [4.78, 5) is 12.2. The van der Waals surface area contributed by atoms with Gasteiger partial charge < -0.3 is 10.3 Å². The summed E-state index contributed by atoms with van der Waals surface area (Å²) in [6.45, 7) is 7.56. The third kappa shape index (κ3) is 3.70. The second-order valence-electron chi connectivity index (χ2n) is 5.04. The van der Waals surface area contributed by atoms with Crippen LogP contribution < -0.4 is 11.3 Å². The van der Waals surface area contributed by atoms with Gasteiger partial charge in [0.1, 0.15) is 0 Å². The lowest BCUT2D eigenvalue weighted by Gasteiger charge is -2.18. The Morgan fingerprint density at radius 1 is 1.33 bits per heavy atom. The van der Waals surface area contributed by atoms with Crippen LogP contribution in [0.25, 0.3) is 0 Å². The van der Waals surface area contributed by atoms with Crippen LogP contribution in [0.15, 0.2) is 16.9 Å². The van der Waals surface area contributed by atoms with Crippen LogP contribution in [-0.4, -0.2) is 4.57 Å². The average molecular weight is 250 g/mol. The van der Waals surface area contributed by atoms with Crippen molar-refractivity contribution in [2.45, 2.75) is 59.5 Å². The third-order valence-electron chi connectivity index (χ3n) is 3.68. The Morgan fingerprint density at radius 2 is 2.06 bits per heavy atom. The molecular weight excluding hydrogens is 224 g/mol. The quantitative estimate of drug-likeness (QED) is 0.809. The van der Waals surface area contributed by atoms with E-state index in [0.717, 1.165) is 18.7 Å². The van der Waals surface area contributed by atoms with Gasteiger partial charge in [-0.2, -0.15) is 0 Å². The molecule has 0 saturated heterocycles. The molecule has 1 atom stereocenters. The summed E-state index contributed by atoms with van der Waals surface area (Å²) in [6.07, 6.45) is 4.78. The van der Waals surface area contributed by atoms with Crippen LogP contribution in [0.1, 0.15) is 50.8 Å². The summed E-state index contributed by atoms with van der Waals surface area (Å²) in [5.74, 6) is 0.592. The molecule has 1 unspecified atom stereocenters. The lowest BCUT2D eigenvalue weighted by Crippen LogP contribution is -2.29. The van der Waals surface area contributed by atoms with Crippen LogP contribution >= 0.6 is 0 Å². The Hall–Kier alpha value is -1.09. The minimum absolute atomic E-state index is 0.0902. The number of aromatic nitrogens is 1. The van der Waals surface area contributed by atoms with Crippen molar-refractivity contribution >= 4 is 0 Å². The van der Waals surface area contributed by atoms with E-state index in [4.69, 9.17) is 5.73 Å². The van der Waals surface area contributed by atoms with Gasteiger partial charge in [0.05, 0.1) is 0 Å². The molecule has 1 rings (SSSR count). The molecule has 1 aromatic heterocycles. The largest absolute Gasteiger partial charge is 0.326 e. The van der Waals surface area contributed by atoms with Crippen molar-refractivity contribution in [1.29, 1.82) is 0 Å². The predicted molar refractivity (Wildman–Crippen MR) is 76.6 cm³/mol. The van der Waals surface area contributed by atoms with E-state index < -0.39 is 0 Å². The number of pyridine rings is 1. The van der Waals surface area contributed by atoms with E-state index >= 15 is 0 Å². The maximum absolute atomic E-state index is 12.2. The summed E-state index contributed by atoms with van der Waals surface area (Å²) in [5.41, 5.74) is 7.44. The zero-order valence-corrected chi connectivity index (χ0v) is 11.9. The van der Waals surface area contributed by atoms with Gasteiger partial charge in [-0.15, -0.1) is 0 Å². The molecule has 0 bridgehead atoms. The second-order valence-corrected chi connectivity index (χ2v) is 5.04. The van der Waals surface area contributed by atoms with Crippen molar-refractivity contribution in [3.05, 3.63) is 33.7 Å². The Bertz CT molecular complexity index is 423. The number of aryl methyl sites for hydroxylation is 1. The van der Waals surface area contributed by atoms with E-state index in [1.54, 1.807) is 0 Å². The van der Waals surface area contributed by atoms with Gasteiger partial charge in [0, 0.05) is 24.3 Å². The fourth-order valence-electron chi connectivity index (χ4n) is 2.27. The SMILES string of the molecule is CCCCC(CC)Cn1c(C)ccc(CN)c1=O. The first-order valence-electron chi connectivity index (χ1n) is 7.03. The Labute approximate surface area is 110 Å². The molecule has 18 heavy (non-hydrogen) atoms. The molecule has 0 aliphatic heterocycles. The highest BCUT2D eigenvalue weighted by atomic mass is 16.1. The molecule has 2 N–H and O–H groups in total. The molecule has 0 radical (unpaired) electrons. The molecule has 0 aliphatic rings. The van der Waals surface area contributed by atoms with Gasteiger partial charge in [-0.3, -0.25) is 4.79 Å². The highest BCUT2D eigenvalue weighted by Crippen LogP contribution is 2.15. The number of nitrogens with two attached hydrogens (primary N) is 1. The van der Waals surface area contributed by atoms with Crippen LogP contribution in [0.3, 0.4) is 0 Å². The number of hydrogen-bond acceptors (Lipinski definition) is 2. The molecule has 102 valence electrons. The first-order valence-corrected chi connectivity index (χ1v) is 7.03.